The van der Waals surface area contributed by atoms with E-state index in [1.807, 2.05) is 6.07 Å². The molecule has 2 rings (SSSR count). The van der Waals surface area contributed by atoms with Crippen molar-refractivity contribution in [1.82, 2.24) is 10.9 Å². The maximum absolute atomic E-state index is 11.7. The summed E-state index contributed by atoms with van der Waals surface area (Å²) in [4.78, 5) is 23.4. The molecule has 0 aliphatic heterocycles. The van der Waals surface area contributed by atoms with Crippen LogP contribution in [0.2, 0.25) is 0 Å². The Morgan fingerprint density at radius 2 is 1.75 bits per heavy atom. The fourth-order valence-electron chi connectivity index (χ4n) is 2.82. The second-order valence-corrected chi connectivity index (χ2v) is 6.06. The summed E-state index contributed by atoms with van der Waals surface area (Å²) in [5.74, 6) is 0.533. The number of rotatable bonds is 6. The van der Waals surface area contributed by atoms with Crippen LogP contribution in [-0.4, -0.2) is 18.4 Å². The lowest BCUT2D eigenvalue weighted by Crippen LogP contribution is -2.43. The zero-order chi connectivity index (χ0) is 17.2. The predicted octanol–water partition coefficient (Wildman–Crippen LogP) is 2.44. The third-order valence-electron chi connectivity index (χ3n) is 4.20. The number of hydrogen-bond acceptors (Lipinski definition) is 4. The highest BCUT2D eigenvalue weighted by Crippen LogP contribution is 2.27. The molecule has 6 heteroatoms. The fourth-order valence-corrected chi connectivity index (χ4v) is 2.82. The number of carbonyl (C=O) groups excluding carboxylic acids is 2. The first kappa shape index (κ1) is 17.8. The summed E-state index contributed by atoms with van der Waals surface area (Å²) >= 11 is 0. The largest absolute Gasteiger partial charge is 0.484 e. The van der Waals surface area contributed by atoms with Crippen LogP contribution in [0.1, 0.15) is 50.5 Å². The number of hydrogen-bond donors (Lipinski definition) is 2. The summed E-state index contributed by atoms with van der Waals surface area (Å²) < 4.78 is 5.28. The Bertz CT molecular complexity index is 587. The topological polar surface area (TPSA) is 91.2 Å². The Labute approximate surface area is 142 Å². The van der Waals surface area contributed by atoms with E-state index in [1.165, 1.54) is 32.1 Å². The highest BCUT2D eigenvalue weighted by Gasteiger charge is 2.15. The molecule has 1 aromatic rings. The van der Waals surface area contributed by atoms with Crippen LogP contribution in [-0.2, 0) is 9.59 Å². The summed E-state index contributed by atoms with van der Waals surface area (Å²) in [7, 11) is 0. The first-order chi connectivity index (χ1) is 11.7. The lowest BCUT2D eigenvalue weighted by Gasteiger charge is -2.21. The Balaban J connectivity index is 1.59. The quantitative estimate of drug-likeness (QED) is 0.784. The molecule has 1 saturated carbocycles. The summed E-state index contributed by atoms with van der Waals surface area (Å²) in [6, 6.07) is 8.47. The number of carbonyl (C=O) groups is 2. The molecule has 1 aromatic carbocycles. The first-order valence-corrected chi connectivity index (χ1v) is 8.38. The van der Waals surface area contributed by atoms with Crippen LogP contribution in [0, 0.1) is 17.2 Å². The Hall–Kier alpha value is -2.55. The van der Waals surface area contributed by atoms with Crippen molar-refractivity contribution in [3.8, 4) is 11.8 Å². The van der Waals surface area contributed by atoms with Gasteiger partial charge in [0.1, 0.15) is 5.75 Å². The van der Waals surface area contributed by atoms with Gasteiger partial charge in [-0.05, 0) is 36.6 Å². The average molecular weight is 329 g/mol. The molecule has 1 aliphatic rings. The molecule has 0 bridgehead atoms. The van der Waals surface area contributed by atoms with Gasteiger partial charge in [0.05, 0.1) is 11.6 Å². The standard InChI is InChI=1S/C18H23N3O3/c19-12-15-6-9-16(10-7-15)24-13-18(23)21-20-17(22)11-8-14-4-2-1-3-5-14/h6-7,9-10,14H,1-5,8,11,13H2,(H,20,22)(H,21,23). The van der Waals surface area contributed by atoms with Crippen LogP contribution >= 0.6 is 0 Å². The smallest absolute Gasteiger partial charge is 0.276 e. The van der Waals surface area contributed by atoms with Crippen LogP contribution in [0.25, 0.3) is 0 Å². The zero-order valence-corrected chi connectivity index (χ0v) is 13.7. The minimum absolute atomic E-state index is 0.174. The molecule has 0 aromatic heterocycles. The van der Waals surface area contributed by atoms with E-state index in [2.05, 4.69) is 10.9 Å². The Morgan fingerprint density at radius 3 is 2.42 bits per heavy atom. The minimum atomic E-state index is -0.426. The van der Waals surface area contributed by atoms with E-state index in [1.54, 1.807) is 24.3 Å². The molecule has 0 radical (unpaired) electrons. The first-order valence-electron chi connectivity index (χ1n) is 8.38. The monoisotopic (exact) mass is 329 g/mol. The van der Waals surface area contributed by atoms with Gasteiger partial charge < -0.3 is 4.74 Å². The number of nitriles is 1. The summed E-state index contributed by atoms with van der Waals surface area (Å²) in [5, 5.41) is 8.70. The molecule has 128 valence electrons. The van der Waals surface area contributed by atoms with Gasteiger partial charge in [0.25, 0.3) is 5.91 Å². The molecule has 0 spiro atoms. The molecule has 2 amide bonds. The molecular formula is C18H23N3O3. The molecule has 24 heavy (non-hydrogen) atoms. The van der Waals surface area contributed by atoms with Crippen molar-refractivity contribution in [3.63, 3.8) is 0 Å². The molecular weight excluding hydrogens is 306 g/mol. The van der Waals surface area contributed by atoms with Crippen molar-refractivity contribution >= 4 is 11.8 Å². The zero-order valence-electron chi connectivity index (χ0n) is 13.7. The number of nitrogens with zero attached hydrogens (tertiary/aromatic N) is 1. The van der Waals surface area contributed by atoms with Crippen molar-refractivity contribution in [2.24, 2.45) is 5.92 Å². The maximum Gasteiger partial charge on any atom is 0.276 e. The van der Waals surface area contributed by atoms with E-state index in [9.17, 15) is 9.59 Å². The highest BCUT2D eigenvalue weighted by atomic mass is 16.5. The number of amides is 2. The SMILES string of the molecule is N#Cc1ccc(OCC(=O)NNC(=O)CCC2CCCCC2)cc1. The molecule has 1 fully saturated rings. The van der Waals surface area contributed by atoms with Gasteiger partial charge >= 0.3 is 0 Å². The second kappa shape index (κ2) is 9.56. The van der Waals surface area contributed by atoms with Gasteiger partial charge in [0, 0.05) is 6.42 Å². The second-order valence-electron chi connectivity index (χ2n) is 6.06. The molecule has 0 unspecified atom stereocenters. The summed E-state index contributed by atoms with van der Waals surface area (Å²) in [6.07, 6.45) is 7.55. The van der Waals surface area contributed by atoms with E-state index in [-0.39, 0.29) is 12.5 Å². The molecule has 0 atom stereocenters. The molecule has 2 N–H and O–H groups in total. The van der Waals surface area contributed by atoms with Gasteiger partial charge in [-0.15, -0.1) is 0 Å². The van der Waals surface area contributed by atoms with Crippen molar-refractivity contribution in [2.75, 3.05) is 6.61 Å². The minimum Gasteiger partial charge on any atom is -0.484 e. The van der Waals surface area contributed by atoms with Crippen LogP contribution in [0.15, 0.2) is 24.3 Å². The van der Waals surface area contributed by atoms with Gasteiger partial charge in [-0.25, -0.2) is 0 Å². The van der Waals surface area contributed by atoms with Crippen molar-refractivity contribution in [1.29, 1.82) is 5.26 Å². The molecule has 0 saturated heterocycles. The number of nitrogens with one attached hydrogen (secondary N) is 2. The van der Waals surface area contributed by atoms with E-state index >= 15 is 0 Å². The maximum atomic E-state index is 11.7. The molecule has 1 aliphatic carbocycles. The molecule has 6 nitrogen and oxygen atoms in total. The lowest BCUT2D eigenvalue weighted by molar-refractivity contribution is -0.130. The van der Waals surface area contributed by atoms with E-state index in [0.717, 1.165) is 6.42 Å². The lowest BCUT2D eigenvalue weighted by atomic mass is 9.86. The average Bonchev–Trinajstić information content (AvgIpc) is 2.64. The summed E-state index contributed by atoms with van der Waals surface area (Å²) in [5.41, 5.74) is 5.29. The number of hydrazine groups is 1. The van der Waals surface area contributed by atoms with E-state index in [0.29, 0.717) is 23.7 Å². The van der Waals surface area contributed by atoms with Gasteiger partial charge in [0.2, 0.25) is 5.91 Å². The van der Waals surface area contributed by atoms with Crippen LogP contribution in [0.3, 0.4) is 0 Å². The third kappa shape index (κ3) is 6.29. The Morgan fingerprint density at radius 1 is 1.08 bits per heavy atom. The Kier molecular flexibility index (Phi) is 7.09. The van der Waals surface area contributed by atoms with Gasteiger partial charge in [0.15, 0.2) is 6.61 Å². The number of benzene rings is 1. The number of ether oxygens (including phenoxy) is 1. The van der Waals surface area contributed by atoms with Crippen LogP contribution < -0.4 is 15.6 Å². The third-order valence-corrected chi connectivity index (χ3v) is 4.20. The van der Waals surface area contributed by atoms with Gasteiger partial charge in [-0.2, -0.15) is 5.26 Å². The predicted molar refractivity (Wildman–Crippen MR) is 88.7 cm³/mol. The molecule has 0 heterocycles. The van der Waals surface area contributed by atoms with E-state index in [4.69, 9.17) is 10.00 Å². The highest BCUT2D eigenvalue weighted by molar-refractivity contribution is 5.82. The van der Waals surface area contributed by atoms with Gasteiger partial charge in [-0.3, -0.25) is 20.4 Å². The van der Waals surface area contributed by atoms with Crippen molar-refractivity contribution < 1.29 is 14.3 Å². The van der Waals surface area contributed by atoms with Gasteiger partial charge in [-0.1, -0.05) is 32.1 Å². The summed E-state index contributed by atoms with van der Waals surface area (Å²) in [6.45, 7) is -0.200. The van der Waals surface area contributed by atoms with E-state index < -0.39 is 5.91 Å². The van der Waals surface area contributed by atoms with Crippen LogP contribution in [0.5, 0.6) is 5.75 Å². The van der Waals surface area contributed by atoms with Crippen molar-refractivity contribution in [3.05, 3.63) is 29.8 Å². The van der Waals surface area contributed by atoms with Crippen molar-refractivity contribution in [2.45, 2.75) is 44.9 Å². The normalized spacial score (nSPS) is 14.5. The van der Waals surface area contributed by atoms with Crippen LogP contribution in [0.4, 0.5) is 0 Å². The fraction of sp³-hybridized carbons (Fsp3) is 0.500.